The summed E-state index contributed by atoms with van der Waals surface area (Å²) >= 11 is 0. The Kier molecular flexibility index (Phi) is 4.45. The number of methoxy groups -OCH3 is 1. The number of hydrogen-bond donors (Lipinski definition) is 2. The molecule has 1 atom stereocenters. The van der Waals surface area contributed by atoms with Gasteiger partial charge < -0.3 is 15.2 Å². The molecule has 0 fully saturated rings. The first-order valence-electron chi connectivity index (χ1n) is 6.64. The number of aromatic carboxylic acids is 1. The topological polar surface area (TPSA) is 93.5 Å². The van der Waals surface area contributed by atoms with E-state index in [1.807, 2.05) is 18.2 Å². The van der Waals surface area contributed by atoms with E-state index in [-0.39, 0.29) is 17.3 Å². The van der Waals surface area contributed by atoms with Crippen LogP contribution in [0.15, 0.2) is 30.5 Å². The third-order valence-corrected chi connectivity index (χ3v) is 3.22. The van der Waals surface area contributed by atoms with Gasteiger partial charge in [0.05, 0.1) is 13.2 Å². The fraction of sp³-hybridized carbons (Fsp3) is 0.267. The molecule has 0 spiro atoms. The van der Waals surface area contributed by atoms with Crippen molar-refractivity contribution in [3.8, 4) is 5.75 Å². The van der Waals surface area contributed by atoms with Crippen LogP contribution in [0.1, 0.15) is 39.4 Å². The molecule has 1 aromatic heterocycles. The van der Waals surface area contributed by atoms with Gasteiger partial charge in [-0.15, -0.1) is 0 Å². The molecule has 2 aromatic rings. The highest BCUT2D eigenvalue weighted by molar-refractivity contribution is 6.03. The summed E-state index contributed by atoms with van der Waals surface area (Å²) in [6, 6.07) is 6.97. The van der Waals surface area contributed by atoms with Gasteiger partial charge in [-0.1, -0.05) is 12.1 Å². The lowest BCUT2D eigenvalue weighted by Crippen LogP contribution is -2.28. The highest BCUT2D eigenvalue weighted by Gasteiger charge is 2.22. The molecular formula is C15H17N3O4. The lowest BCUT2D eigenvalue weighted by atomic mass is 10.1. The van der Waals surface area contributed by atoms with Gasteiger partial charge in [0.1, 0.15) is 11.3 Å². The Morgan fingerprint density at radius 1 is 1.41 bits per heavy atom. The highest BCUT2D eigenvalue weighted by Crippen LogP contribution is 2.19. The number of hydrogen-bond acceptors (Lipinski definition) is 4. The molecule has 1 heterocycles. The van der Waals surface area contributed by atoms with Gasteiger partial charge >= 0.3 is 5.97 Å². The van der Waals surface area contributed by atoms with E-state index in [0.29, 0.717) is 5.75 Å². The van der Waals surface area contributed by atoms with Crippen LogP contribution < -0.4 is 10.1 Å². The molecule has 0 radical (unpaired) electrons. The Labute approximate surface area is 127 Å². The summed E-state index contributed by atoms with van der Waals surface area (Å²) in [5, 5.41) is 15.7. The maximum Gasteiger partial charge on any atom is 0.339 e. The summed E-state index contributed by atoms with van der Waals surface area (Å²) in [4.78, 5) is 23.4. The number of aromatic nitrogens is 2. The normalized spacial score (nSPS) is 11.8. The zero-order valence-corrected chi connectivity index (χ0v) is 12.5. The van der Waals surface area contributed by atoms with Gasteiger partial charge in [0.2, 0.25) is 0 Å². The van der Waals surface area contributed by atoms with E-state index < -0.39 is 11.9 Å². The summed E-state index contributed by atoms with van der Waals surface area (Å²) in [6.45, 7) is 1.80. The summed E-state index contributed by atoms with van der Waals surface area (Å²) in [5.41, 5.74) is 0.614. The maximum absolute atomic E-state index is 12.2. The van der Waals surface area contributed by atoms with Gasteiger partial charge in [0.25, 0.3) is 5.91 Å². The van der Waals surface area contributed by atoms with E-state index in [1.54, 1.807) is 27.1 Å². The molecule has 0 aliphatic rings. The van der Waals surface area contributed by atoms with Crippen molar-refractivity contribution in [1.82, 2.24) is 15.1 Å². The third kappa shape index (κ3) is 3.25. The van der Waals surface area contributed by atoms with Crippen LogP contribution in [0.25, 0.3) is 0 Å². The Balaban J connectivity index is 2.19. The van der Waals surface area contributed by atoms with Crippen molar-refractivity contribution in [2.75, 3.05) is 7.11 Å². The van der Waals surface area contributed by atoms with Crippen molar-refractivity contribution in [3.63, 3.8) is 0 Å². The molecule has 2 rings (SSSR count). The standard InChI is InChI=1S/C15H17N3O4/c1-9(10-5-4-6-11(7-10)22-3)16-14(19)13-12(15(20)21)8-18(2)17-13/h4-9H,1-3H3,(H,16,19)(H,20,21). The number of carboxylic acid groups (broad SMARTS) is 1. The average molecular weight is 303 g/mol. The number of nitrogens with one attached hydrogen (secondary N) is 1. The molecular weight excluding hydrogens is 286 g/mol. The van der Waals surface area contributed by atoms with Crippen LogP contribution in [0.2, 0.25) is 0 Å². The molecule has 1 aromatic carbocycles. The summed E-state index contributed by atoms with van der Waals surface area (Å²) in [6.07, 6.45) is 1.30. The minimum atomic E-state index is -1.19. The Hall–Kier alpha value is -2.83. The number of aryl methyl sites for hydroxylation is 1. The third-order valence-electron chi connectivity index (χ3n) is 3.22. The Bertz CT molecular complexity index is 709. The molecule has 0 saturated heterocycles. The largest absolute Gasteiger partial charge is 0.497 e. The zero-order valence-electron chi connectivity index (χ0n) is 12.5. The second-order valence-corrected chi connectivity index (χ2v) is 4.84. The lowest BCUT2D eigenvalue weighted by molar-refractivity contribution is 0.0690. The minimum Gasteiger partial charge on any atom is -0.497 e. The molecule has 116 valence electrons. The molecule has 7 heteroatoms. The molecule has 22 heavy (non-hydrogen) atoms. The molecule has 1 amide bonds. The van der Waals surface area contributed by atoms with Crippen molar-refractivity contribution in [2.24, 2.45) is 7.05 Å². The van der Waals surface area contributed by atoms with Crippen LogP contribution in [0.5, 0.6) is 5.75 Å². The molecule has 0 aliphatic carbocycles. The van der Waals surface area contributed by atoms with Gasteiger partial charge in [-0.05, 0) is 24.6 Å². The van der Waals surface area contributed by atoms with Gasteiger partial charge in [0.15, 0.2) is 5.69 Å². The van der Waals surface area contributed by atoms with Crippen LogP contribution in [0, 0.1) is 0 Å². The van der Waals surface area contributed by atoms with Crippen LogP contribution in [-0.2, 0) is 7.05 Å². The molecule has 2 N–H and O–H groups in total. The quantitative estimate of drug-likeness (QED) is 0.875. The van der Waals surface area contributed by atoms with Crippen molar-refractivity contribution >= 4 is 11.9 Å². The summed E-state index contributed by atoms with van der Waals surface area (Å²) in [7, 11) is 3.13. The van der Waals surface area contributed by atoms with E-state index in [1.165, 1.54) is 10.9 Å². The second-order valence-electron chi connectivity index (χ2n) is 4.84. The SMILES string of the molecule is COc1cccc(C(C)NC(=O)c2nn(C)cc2C(=O)O)c1. The van der Waals surface area contributed by atoms with Crippen LogP contribution in [0.4, 0.5) is 0 Å². The van der Waals surface area contributed by atoms with E-state index in [0.717, 1.165) is 5.56 Å². The molecule has 7 nitrogen and oxygen atoms in total. The lowest BCUT2D eigenvalue weighted by Gasteiger charge is -2.14. The maximum atomic E-state index is 12.2. The number of carbonyl (C=O) groups excluding carboxylic acids is 1. The predicted molar refractivity (Wildman–Crippen MR) is 79.0 cm³/mol. The fourth-order valence-electron chi connectivity index (χ4n) is 2.07. The van der Waals surface area contributed by atoms with Crippen LogP contribution in [0.3, 0.4) is 0 Å². The number of ether oxygens (including phenoxy) is 1. The van der Waals surface area contributed by atoms with Crippen molar-refractivity contribution in [2.45, 2.75) is 13.0 Å². The number of carboxylic acids is 1. The molecule has 0 saturated carbocycles. The number of carbonyl (C=O) groups is 2. The number of rotatable bonds is 5. The van der Waals surface area contributed by atoms with E-state index in [9.17, 15) is 9.59 Å². The Morgan fingerprint density at radius 3 is 2.77 bits per heavy atom. The van der Waals surface area contributed by atoms with E-state index >= 15 is 0 Å². The smallest absolute Gasteiger partial charge is 0.339 e. The summed E-state index contributed by atoms with van der Waals surface area (Å²) in [5.74, 6) is -1.04. The number of nitrogens with zero attached hydrogens (tertiary/aromatic N) is 2. The van der Waals surface area contributed by atoms with Crippen molar-refractivity contribution in [3.05, 3.63) is 47.3 Å². The zero-order chi connectivity index (χ0) is 16.3. The second kappa shape index (κ2) is 6.30. The summed E-state index contributed by atoms with van der Waals surface area (Å²) < 4.78 is 6.44. The molecule has 1 unspecified atom stereocenters. The highest BCUT2D eigenvalue weighted by atomic mass is 16.5. The Morgan fingerprint density at radius 2 is 2.14 bits per heavy atom. The van der Waals surface area contributed by atoms with Crippen LogP contribution in [-0.4, -0.2) is 33.9 Å². The van der Waals surface area contributed by atoms with Crippen molar-refractivity contribution < 1.29 is 19.4 Å². The van der Waals surface area contributed by atoms with Gasteiger partial charge in [-0.25, -0.2) is 4.79 Å². The minimum absolute atomic E-state index is 0.107. The van der Waals surface area contributed by atoms with E-state index in [4.69, 9.17) is 9.84 Å². The van der Waals surface area contributed by atoms with Gasteiger partial charge in [-0.3, -0.25) is 9.48 Å². The first-order chi connectivity index (χ1) is 10.4. The first-order valence-corrected chi connectivity index (χ1v) is 6.64. The van der Waals surface area contributed by atoms with Gasteiger partial charge in [0, 0.05) is 13.2 Å². The molecule has 0 aliphatic heterocycles. The average Bonchev–Trinajstić information content (AvgIpc) is 2.89. The van der Waals surface area contributed by atoms with Gasteiger partial charge in [-0.2, -0.15) is 5.10 Å². The van der Waals surface area contributed by atoms with Crippen molar-refractivity contribution in [1.29, 1.82) is 0 Å². The number of amides is 1. The monoisotopic (exact) mass is 303 g/mol. The van der Waals surface area contributed by atoms with E-state index in [2.05, 4.69) is 10.4 Å². The first kappa shape index (κ1) is 15.6. The number of benzene rings is 1. The predicted octanol–water partition coefficient (Wildman–Crippen LogP) is 1.62. The van der Waals surface area contributed by atoms with Crippen LogP contribution >= 0.6 is 0 Å². The molecule has 0 bridgehead atoms. The fourth-order valence-corrected chi connectivity index (χ4v) is 2.07.